The SMILES string of the molecule is C1=CC2c3ccccc3OC2C=C1c1cccc2c1sc1cc(-n3c4ccccc4c4ccccc43)ccc12. The van der Waals surface area contributed by atoms with Crippen molar-refractivity contribution in [2.45, 2.75) is 12.0 Å². The molecule has 0 radical (unpaired) electrons. The first-order chi connectivity index (χ1) is 19.3. The summed E-state index contributed by atoms with van der Waals surface area (Å²) in [5, 5.41) is 5.20. The van der Waals surface area contributed by atoms with Crippen molar-refractivity contribution < 1.29 is 4.74 Å². The number of benzene rings is 5. The Morgan fingerprint density at radius 3 is 2.26 bits per heavy atom. The van der Waals surface area contributed by atoms with Crippen LogP contribution in [0.5, 0.6) is 5.75 Å². The van der Waals surface area contributed by atoms with Gasteiger partial charge in [-0.05, 0) is 47.5 Å². The predicted octanol–water partition coefficient (Wildman–Crippen LogP) is 9.65. The molecule has 2 unspecified atom stereocenters. The summed E-state index contributed by atoms with van der Waals surface area (Å²) in [6.07, 6.45) is 6.97. The molecule has 2 atom stereocenters. The molecule has 7 aromatic rings. The van der Waals surface area contributed by atoms with Crippen molar-refractivity contribution in [2.75, 3.05) is 0 Å². The molecular formula is C36H23NOS. The summed E-state index contributed by atoms with van der Waals surface area (Å²) >= 11 is 1.89. The van der Waals surface area contributed by atoms with E-state index in [1.165, 1.54) is 64.4 Å². The first kappa shape index (κ1) is 21.3. The van der Waals surface area contributed by atoms with Gasteiger partial charge in [-0.25, -0.2) is 0 Å². The third kappa shape index (κ3) is 3.02. The highest BCUT2D eigenvalue weighted by Crippen LogP contribution is 2.45. The van der Waals surface area contributed by atoms with Gasteiger partial charge in [0.05, 0.1) is 11.0 Å². The lowest BCUT2D eigenvalue weighted by Gasteiger charge is -2.19. The largest absolute Gasteiger partial charge is 0.485 e. The Morgan fingerprint density at radius 2 is 1.41 bits per heavy atom. The van der Waals surface area contributed by atoms with Gasteiger partial charge in [0, 0.05) is 48.1 Å². The van der Waals surface area contributed by atoms with E-state index >= 15 is 0 Å². The third-order valence-electron chi connectivity index (χ3n) is 8.35. The van der Waals surface area contributed by atoms with Gasteiger partial charge in [0.2, 0.25) is 0 Å². The summed E-state index contributed by atoms with van der Waals surface area (Å²) < 4.78 is 11.4. The summed E-state index contributed by atoms with van der Waals surface area (Å²) in [6.45, 7) is 0. The zero-order valence-corrected chi connectivity index (χ0v) is 21.9. The lowest BCUT2D eigenvalue weighted by Crippen LogP contribution is -2.17. The molecule has 5 aromatic carbocycles. The number of hydrogen-bond donors (Lipinski definition) is 0. The molecule has 39 heavy (non-hydrogen) atoms. The van der Waals surface area contributed by atoms with Crippen molar-refractivity contribution in [3.63, 3.8) is 0 Å². The van der Waals surface area contributed by atoms with E-state index < -0.39 is 0 Å². The van der Waals surface area contributed by atoms with Gasteiger partial charge in [0.1, 0.15) is 11.9 Å². The van der Waals surface area contributed by atoms with Crippen LogP contribution in [0.4, 0.5) is 0 Å². The van der Waals surface area contributed by atoms with E-state index in [0.29, 0.717) is 5.92 Å². The molecule has 0 saturated heterocycles. The van der Waals surface area contributed by atoms with Crippen molar-refractivity contribution in [1.82, 2.24) is 4.57 Å². The van der Waals surface area contributed by atoms with E-state index in [4.69, 9.17) is 4.74 Å². The maximum atomic E-state index is 6.33. The van der Waals surface area contributed by atoms with Crippen LogP contribution in [0.3, 0.4) is 0 Å². The van der Waals surface area contributed by atoms with Crippen LogP contribution >= 0.6 is 11.3 Å². The molecule has 0 bridgehead atoms. The summed E-state index contributed by atoms with van der Waals surface area (Å²) in [5.74, 6) is 1.30. The Bertz CT molecular complexity index is 2120. The molecule has 3 heterocycles. The second-order valence-electron chi connectivity index (χ2n) is 10.5. The van der Waals surface area contributed by atoms with Gasteiger partial charge < -0.3 is 9.30 Å². The smallest absolute Gasteiger partial charge is 0.128 e. The van der Waals surface area contributed by atoms with Gasteiger partial charge in [-0.1, -0.05) is 91.0 Å². The quantitative estimate of drug-likeness (QED) is 0.223. The van der Waals surface area contributed by atoms with Crippen LogP contribution in [0.15, 0.2) is 127 Å². The van der Waals surface area contributed by atoms with Crippen LogP contribution < -0.4 is 4.74 Å². The van der Waals surface area contributed by atoms with E-state index in [0.717, 1.165) is 5.75 Å². The fourth-order valence-electron chi connectivity index (χ4n) is 6.58. The van der Waals surface area contributed by atoms with Gasteiger partial charge >= 0.3 is 0 Å². The molecule has 3 heteroatoms. The number of thiophene rings is 1. The van der Waals surface area contributed by atoms with Crippen molar-refractivity contribution in [3.8, 4) is 11.4 Å². The fourth-order valence-corrected chi connectivity index (χ4v) is 7.86. The van der Waals surface area contributed by atoms with Crippen molar-refractivity contribution in [3.05, 3.63) is 139 Å². The summed E-state index contributed by atoms with van der Waals surface area (Å²) in [5.41, 5.74) is 7.48. The molecule has 0 spiro atoms. The van der Waals surface area contributed by atoms with E-state index in [-0.39, 0.29) is 6.10 Å². The maximum absolute atomic E-state index is 6.33. The molecule has 0 saturated carbocycles. The molecule has 2 aliphatic rings. The average molecular weight is 518 g/mol. The number of rotatable bonds is 2. The van der Waals surface area contributed by atoms with E-state index in [2.05, 4.69) is 132 Å². The number of aromatic nitrogens is 1. The Kier molecular flexibility index (Phi) is 4.35. The molecule has 2 nitrogen and oxygen atoms in total. The molecule has 0 fully saturated rings. The number of hydrogen-bond acceptors (Lipinski definition) is 2. The maximum Gasteiger partial charge on any atom is 0.128 e. The van der Waals surface area contributed by atoms with Crippen molar-refractivity contribution >= 4 is 58.9 Å². The lowest BCUT2D eigenvalue weighted by molar-refractivity contribution is 0.269. The molecule has 184 valence electrons. The Morgan fingerprint density at radius 1 is 0.667 bits per heavy atom. The van der Waals surface area contributed by atoms with Crippen LogP contribution in [-0.2, 0) is 0 Å². The number of allylic oxidation sites excluding steroid dienone is 2. The molecule has 1 aliphatic carbocycles. The molecular weight excluding hydrogens is 494 g/mol. The molecule has 2 aromatic heterocycles. The highest BCUT2D eigenvalue weighted by Gasteiger charge is 2.33. The summed E-state index contributed by atoms with van der Waals surface area (Å²) in [7, 11) is 0. The molecule has 0 amide bonds. The van der Waals surface area contributed by atoms with Gasteiger partial charge in [-0.3, -0.25) is 0 Å². The zero-order chi connectivity index (χ0) is 25.5. The minimum atomic E-state index is 0.0499. The monoisotopic (exact) mass is 517 g/mol. The van der Waals surface area contributed by atoms with Crippen LogP contribution in [-0.4, -0.2) is 10.7 Å². The van der Waals surface area contributed by atoms with E-state index in [9.17, 15) is 0 Å². The number of para-hydroxylation sites is 3. The second kappa shape index (κ2) is 7.95. The highest BCUT2D eigenvalue weighted by molar-refractivity contribution is 7.26. The Labute approximate surface area is 229 Å². The van der Waals surface area contributed by atoms with Crippen molar-refractivity contribution in [2.24, 2.45) is 0 Å². The summed E-state index contributed by atoms with van der Waals surface area (Å²) in [4.78, 5) is 0. The number of ether oxygens (including phenoxy) is 1. The number of nitrogens with zero attached hydrogens (tertiary/aromatic N) is 1. The van der Waals surface area contributed by atoms with Crippen LogP contribution in [0, 0.1) is 0 Å². The fraction of sp³-hybridized carbons (Fsp3) is 0.0556. The van der Waals surface area contributed by atoms with Gasteiger partial charge in [-0.2, -0.15) is 0 Å². The van der Waals surface area contributed by atoms with Crippen molar-refractivity contribution in [1.29, 1.82) is 0 Å². The lowest BCUT2D eigenvalue weighted by atomic mass is 9.87. The zero-order valence-electron chi connectivity index (χ0n) is 21.0. The van der Waals surface area contributed by atoms with E-state index in [1.54, 1.807) is 0 Å². The van der Waals surface area contributed by atoms with E-state index in [1.807, 2.05) is 11.3 Å². The first-order valence-electron chi connectivity index (χ1n) is 13.4. The minimum absolute atomic E-state index is 0.0499. The molecule has 1 aliphatic heterocycles. The minimum Gasteiger partial charge on any atom is -0.485 e. The first-order valence-corrected chi connectivity index (χ1v) is 14.2. The van der Waals surface area contributed by atoms with Crippen LogP contribution in [0.25, 0.3) is 53.2 Å². The van der Waals surface area contributed by atoms with Gasteiger partial charge in [-0.15, -0.1) is 11.3 Å². The Balaban J connectivity index is 1.20. The topological polar surface area (TPSA) is 14.2 Å². The number of fused-ring (bicyclic) bond motifs is 9. The van der Waals surface area contributed by atoms with Crippen LogP contribution in [0.1, 0.15) is 17.0 Å². The molecule has 0 N–H and O–H groups in total. The highest BCUT2D eigenvalue weighted by atomic mass is 32.1. The van der Waals surface area contributed by atoms with Gasteiger partial charge in [0.15, 0.2) is 0 Å². The molecule has 9 rings (SSSR count). The standard InChI is InChI=1S/C36H23NOS/c1-4-13-31-25(8-1)26-9-2-5-14-32(26)37(31)23-17-19-29-30-12-7-11-24(36(30)39-35(29)21-23)22-16-18-28-27-10-3-6-15-33(27)38-34(28)20-22/h1-21,28,34H. The van der Waals surface area contributed by atoms with Gasteiger partial charge in [0.25, 0.3) is 0 Å². The van der Waals surface area contributed by atoms with Crippen LogP contribution in [0.2, 0.25) is 0 Å². The Hall–Kier alpha value is -4.60. The second-order valence-corrected chi connectivity index (χ2v) is 11.5. The summed E-state index contributed by atoms with van der Waals surface area (Å²) in [6, 6.07) is 39.5. The predicted molar refractivity (Wildman–Crippen MR) is 164 cm³/mol. The average Bonchev–Trinajstić information content (AvgIpc) is 3.65. The normalized spacial score (nSPS) is 18.0. The third-order valence-corrected chi connectivity index (χ3v) is 9.56.